The van der Waals surface area contributed by atoms with E-state index in [1.54, 1.807) is 0 Å². The lowest BCUT2D eigenvalue weighted by Crippen LogP contribution is -2.35. The maximum atomic E-state index is 6.62. The molecular formula is C47H32N2O. The van der Waals surface area contributed by atoms with E-state index in [1.165, 1.54) is 33.4 Å². The molecule has 1 unspecified atom stereocenters. The molecule has 3 nitrogen and oxygen atoms in total. The number of rotatable bonds is 4. The standard InChI is InChI=1S/C47H32N2O/c1-3-14-31(15-4-1)32-26-28-34(29-27-32)42-30-41(33-16-5-2-6-17-33)48-46(49-42)37-20-13-19-36-35-18-7-8-21-38(35)47(45(36)37)39-22-9-11-24-43(39)50-44-25-12-10-23-40(44)47/h1-30,46,48H. The lowest BCUT2D eigenvalue weighted by molar-refractivity contribution is 0.435. The predicted octanol–water partition coefficient (Wildman–Crippen LogP) is 11.0. The molecule has 2 aliphatic heterocycles. The van der Waals surface area contributed by atoms with Crippen molar-refractivity contribution < 1.29 is 4.74 Å². The molecule has 1 N–H and O–H groups in total. The Morgan fingerprint density at radius 2 is 1.00 bits per heavy atom. The molecule has 0 saturated carbocycles. The fourth-order valence-electron chi connectivity index (χ4n) is 8.26. The monoisotopic (exact) mass is 640 g/mol. The summed E-state index contributed by atoms with van der Waals surface area (Å²) < 4.78 is 6.62. The third-order valence-electron chi connectivity index (χ3n) is 10.4. The van der Waals surface area contributed by atoms with Gasteiger partial charge in [0, 0.05) is 22.4 Å². The molecule has 236 valence electrons. The summed E-state index contributed by atoms with van der Waals surface area (Å²) in [7, 11) is 0. The Hall–Kier alpha value is -6.45. The first kappa shape index (κ1) is 28.6. The largest absolute Gasteiger partial charge is 0.457 e. The molecular weight excluding hydrogens is 609 g/mol. The van der Waals surface area contributed by atoms with E-state index in [4.69, 9.17) is 9.73 Å². The molecule has 0 saturated heterocycles. The molecule has 50 heavy (non-hydrogen) atoms. The van der Waals surface area contributed by atoms with Crippen LogP contribution >= 0.6 is 0 Å². The second kappa shape index (κ2) is 11.3. The van der Waals surface area contributed by atoms with Crippen LogP contribution in [0.4, 0.5) is 0 Å². The molecule has 2 heterocycles. The van der Waals surface area contributed by atoms with Gasteiger partial charge in [0.05, 0.1) is 11.1 Å². The van der Waals surface area contributed by atoms with Crippen LogP contribution in [0, 0.1) is 0 Å². The van der Waals surface area contributed by atoms with Crippen molar-refractivity contribution in [2.45, 2.75) is 11.6 Å². The Balaban J connectivity index is 1.20. The van der Waals surface area contributed by atoms with Gasteiger partial charge in [-0.2, -0.15) is 0 Å². The zero-order valence-electron chi connectivity index (χ0n) is 27.3. The van der Waals surface area contributed by atoms with Gasteiger partial charge in [-0.05, 0) is 62.7 Å². The first-order chi connectivity index (χ1) is 24.8. The zero-order chi connectivity index (χ0) is 33.1. The third kappa shape index (κ3) is 4.27. The SMILES string of the molecule is C1=C(c2ccccc2)NC(c2cccc3c2C2(c4ccccc4Oc4ccccc42)c2ccccc2-3)N=C1c1ccc(-c2ccccc2)cc1. The predicted molar refractivity (Wildman–Crippen MR) is 203 cm³/mol. The molecule has 7 aromatic rings. The Morgan fingerprint density at radius 1 is 0.460 bits per heavy atom. The number of allylic oxidation sites excluding steroid dienone is 1. The second-order valence-electron chi connectivity index (χ2n) is 13.1. The quantitative estimate of drug-likeness (QED) is 0.208. The van der Waals surface area contributed by atoms with Gasteiger partial charge in [-0.1, -0.05) is 164 Å². The molecule has 0 radical (unpaired) electrons. The summed E-state index contributed by atoms with van der Waals surface area (Å²) in [6.45, 7) is 0. The topological polar surface area (TPSA) is 33.6 Å². The number of benzene rings is 7. The Labute approximate surface area is 291 Å². The minimum absolute atomic E-state index is 0.345. The zero-order valence-corrected chi connectivity index (χ0v) is 27.3. The van der Waals surface area contributed by atoms with Crippen LogP contribution in [0.5, 0.6) is 11.5 Å². The summed E-state index contributed by atoms with van der Waals surface area (Å²) in [5.74, 6) is 1.76. The van der Waals surface area contributed by atoms with Crippen molar-refractivity contribution in [2.75, 3.05) is 0 Å². The summed E-state index contributed by atoms with van der Waals surface area (Å²) >= 11 is 0. The van der Waals surface area contributed by atoms with E-state index < -0.39 is 5.41 Å². The molecule has 0 aromatic heterocycles. The number of nitrogens with one attached hydrogen (secondary N) is 1. The van der Waals surface area contributed by atoms with Gasteiger partial charge in [0.1, 0.15) is 17.7 Å². The fraction of sp³-hybridized carbons (Fsp3) is 0.0426. The third-order valence-corrected chi connectivity index (χ3v) is 10.4. The molecule has 10 rings (SSSR count). The Kier molecular flexibility index (Phi) is 6.47. The number of aliphatic imine (C=N–C) groups is 1. The van der Waals surface area contributed by atoms with E-state index in [0.717, 1.165) is 50.7 Å². The maximum Gasteiger partial charge on any atom is 0.145 e. The summed E-state index contributed by atoms with van der Waals surface area (Å²) in [6.07, 6.45) is 1.85. The van der Waals surface area contributed by atoms with Crippen LogP contribution in [0.1, 0.15) is 45.1 Å². The molecule has 1 atom stereocenters. The lowest BCUT2D eigenvalue weighted by atomic mass is 9.65. The Morgan fingerprint density at radius 3 is 1.70 bits per heavy atom. The van der Waals surface area contributed by atoms with Gasteiger partial charge in [0.25, 0.3) is 0 Å². The molecule has 3 aliphatic rings. The first-order valence-electron chi connectivity index (χ1n) is 17.2. The van der Waals surface area contributed by atoms with Crippen molar-refractivity contribution in [3.05, 3.63) is 221 Å². The molecule has 3 heteroatoms. The number of hydrogen-bond acceptors (Lipinski definition) is 3. The highest BCUT2D eigenvalue weighted by molar-refractivity contribution is 6.13. The van der Waals surface area contributed by atoms with E-state index in [1.807, 2.05) is 0 Å². The fourth-order valence-corrected chi connectivity index (χ4v) is 8.26. The number of ether oxygens (including phenoxy) is 1. The van der Waals surface area contributed by atoms with Crippen molar-refractivity contribution in [1.29, 1.82) is 0 Å². The van der Waals surface area contributed by atoms with Crippen LogP contribution in [0.25, 0.3) is 28.0 Å². The number of hydrogen-bond donors (Lipinski definition) is 1. The van der Waals surface area contributed by atoms with Crippen molar-refractivity contribution in [3.8, 4) is 33.8 Å². The molecule has 1 spiro atoms. The van der Waals surface area contributed by atoms with E-state index >= 15 is 0 Å². The summed E-state index contributed by atoms with van der Waals surface area (Å²) in [5.41, 5.74) is 14.4. The van der Waals surface area contributed by atoms with E-state index in [9.17, 15) is 0 Å². The molecule has 1 aliphatic carbocycles. The summed E-state index contributed by atoms with van der Waals surface area (Å²) in [6, 6.07) is 62.5. The van der Waals surface area contributed by atoms with Crippen molar-refractivity contribution >= 4 is 11.4 Å². The molecule has 0 amide bonds. The van der Waals surface area contributed by atoms with Gasteiger partial charge in [-0.25, -0.2) is 0 Å². The Bertz CT molecular complexity index is 2430. The van der Waals surface area contributed by atoms with Crippen molar-refractivity contribution in [1.82, 2.24) is 5.32 Å². The minimum Gasteiger partial charge on any atom is -0.457 e. The van der Waals surface area contributed by atoms with Gasteiger partial charge in [-0.3, -0.25) is 4.99 Å². The number of nitrogens with zero attached hydrogens (tertiary/aromatic N) is 1. The van der Waals surface area contributed by atoms with Crippen molar-refractivity contribution in [3.63, 3.8) is 0 Å². The highest BCUT2D eigenvalue weighted by atomic mass is 16.5. The van der Waals surface area contributed by atoms with Gasteiger partial charge in [0.2, 0.25) is 0 Å². The van der Waals surface area contributed by atoms with Gasteiger partial charge >= 0.3 is 0 Å². The summed E-state index contributed by atoms with van der Waals surface area (Å²) in [4.78, 5) is 5.53. The van der Waals surface area contributed by atoms with Gasteiger partial charge < -0.3 is 10.1 Å². The van der Waals surface area contributed by atoms with Crippen LogP contribution < -0.4 is 10.1 Å². The molecule has 7 aromatic carbocycles. The van der Waals surface area contributed by atoms with Crippen molar-refractivity contribution in [2.24, 2.45) is 4.99 Å². The lowest BCUT2D eigenvalue weighted by Gasteiger charge is -2.41. The highest BCUT2D eigenvalue weighted by Crippen LogP contribution is 2.63. The van der Waals surface area contributed by atoms with E-state index in [0.29, 0.717) is 0 Å². The van der Waals surface area contributed by atoms with Crippen LogP contribution in [-0.2, 0) is 5.41 Å². The van der Waals surface area contributed by atoms with Crippen LogP contribution in [-0.4, -0.2) is 5.71 Å². The first-order valence-corrected chi connectivity index (χ1v) is 17.2. The number of fused-ring (bicyclic) bond motifs is 9. The van der Waals surface area contributed by atoms with Crippen LogP contribution in [0.15, 0.2) is 187 Å². The van der Waals surface area contributed by atoms with Crippen LogP contribution in [0.2, 0.25) is 0 Å². The second-order valence-corrected chi connectivity index (χ2v) is 13.1. The average molecular weight is 641 g/mol. The minimum atomic E-state index is -0.587. The summed E-state index contributed by atoms with van der Waals surface area (Å²) in [5, 5.41) is 3.89. The molecule has 0 fully saturated rings. The van der Waals surface area contributed by atoms with E-state index in [2.05, 4.69) is 187 Å². The molecule has 0 bridgehead atoms. The van der Waals surface area contributed by atoms with E-state index in [-0.39, 0.29) is 6.17 Å². The van der Waals surface area contributed by atoms with Crippen LogP contribution in [0.3, 0.4) is 0 Å². The number of para-hydroxylation sites is 2. The smallest absolute Gasteiger partial charge is 0.145 e. The average Bonchev–Trinajstić information content (AvgIpc) is 3.49. The van der Waals surface area contributed by atoms with Gasteiger partial charge in [0.15, 0.2) is 0 Å². The normalized spacial score (nSPS) is 16.1. The van der Waals surface area contributed by atoms with Gasteiger partial charge in [-0.15, -0.1) is 0 Å². The maximum absolute atomic E-state index is 6.62. The highest BCUT2D eigenvalue weighted by Gasteiger charge is 2.52.